The van der Waals surface area contributed by atoms with Crippen LogP contribution in [0.25, 0.3) is 0 Å². The Hall–Kier alpha value is -0.870. The molecule has 0 aromatic carbocycles. The molecule has 1 aliphatic carbocycles. The highest BCUT2D eigenvalue weighted by atomic mass is 15.2. The maximum Gasteiger partial charge on any atom is 0.122 e. The lowest BCUT2D eigenvalue weighted by molar-refractivity contribution is 0.116. The lowest BCUT2D eigenvalue weighted by Crippen LogP contribution is -2.50. The summed E-state index contributed by atoms with van der Waals surface area (Å²) in [5.41, 5.74) is 6.22. The zero-order valence-corrected chi connectivity index (χ0v) is 11.2. The van der Waals surface area contributed by atoms with Crippen LogP contribution in [0.1, 0.15) is 32.0 Å². The lowest BCUT2D eigenvalue weighted by Gasteiger charge is -2.38. The molecule has 0 bridgehead atoms. The number of nitrogens with zero attached hydrogens (tertiary/aromatic N) is 3. The molecule has 1 aromatic heterocycles. The largest absolute Gasteiger partial charge is 0.337 e. The number of imidazole rings is 1. The quantitative estimate of drug-likeness (QED) is 0.859. The monoisotopic (exact) mass is 236 g/mol. The number of aromatic nitrogens is 2. The van der Waals surface area contributed by atoms with Gasteiger partial charge >= 0.3 is 0 Å². The zero-order valence-electron chi connectivity index (χ0n) is 11.2. The Labute approximate surface area is 104 Å². The number of rotatable bonds is 4. The smallest absolute Gasteiger partial charge is 0.122 e. The third kappa shape index (κ3) is 2.38. The van der Waals surface area contributed by atoms with Crippen molar-refractivity contribution in [1.82, 2.24) is 14.5 Å². The van der Waals surface area contributed by atoms with Gasteiger partial charge in [-0.3, -0.25) is 4.90 Å². The third-order valence-corrected chi connectivity index (χ3v) is 4.32. The van der Waals surface area contributed by atoms with E-state index in [1.807, 2.05) is 19.4 Å². The molecule has 1 aromatic rings. The molecular formula is C13H24N4. The fraction of sp³-hybridized carbons (Fsp3) is 0.769. The molecule has 17 heavy (non-hydrogen) atoms. The van der Waals surface area contributed by atoms with E-state index in [0.717, 1.165) is 24.8 Å². The van der Waals surface area contributed by atoms with Gasteiger partial charge in [0.05, 0.1) is 6.54 Å². The van der Waals surface area contributed by atoms with E-state index in [4.69, 9.17) is 5.73 Å². The van der Waals surface area contributed by atoms with Crippen molar-refractivity contribution < 1.29 is 0 Å². The molecule has 2 N–H and O–H groups in total. The molecule has 2 rings (SSSR count). The van der Waals surface area contributed by atoms with Gasteiger partial charge in [-0.1, -0.05) is 6.92 Å². The second kappa shape index (κ2) is 4.78. The van der Waals surface area contributed by atoms with E-state index in [0.29, 0.717) is 0 Å². The standard InChI is InChI=1S/C13H24N4/c1-11-4-5-13(8-11,10-14)17(3)9-12-15-6-7-16(12)2/h6-7,11H,4-5,8-10,14H2,1-3H3. The van der Waals surface area contributed by atoms with Gasteiger partial charge in [0.2, 0.25) is 0 Å². The van der Waals surface area contributed by atoms with Crippen molar-refractivity contribution >= 4 is 0 Å². The molecule has 0 saturated heterocycles. The Bertz CT molecular complexity index is 373. The van der Waals surface area contributed by atoms with E-state index in [9.17, 15) is 0 Å². The first-order valence-electron chi connectivity index (χ1n) is 6.45. The number of hydrogen-bond acceptors (Lipinski definition) is 3. The number of nitrogens with two attached hydrogens (primary N) is 1. The first kappa shape index (κ1) is 12.6. The van der Waals surface area contributed by atoms with Crippen LogP contribution < -0.4 is 5.73 Å². The molecule has 1 saturated carbocycles. The summed E-state index contributed by atoms with van der Waals surface area (Å²) in [7, 11) is 4.22. The normalized spacial score (nSPS) is 29.1. The van der Waals surface area contributed by atoms with Gasteiger partial charge in [0.1, 0.15) is 5.82 Å². The molecule has 2 unspecified atom stereocenters. The Morgan fingerprint density at radius 2 is 2.41 bits per heavy atom. The summed E-state index contributed by atoms with van der Waals surface area (Å²) >= 11 is 0. The highest BCUT2D eigenvalue weighted by molar-refractivity contribution is 5.00. The van der Waals surface area contributed by atoms with Gasteiger partial charge in [-0.25, -0.2) is 4.98 Å². The maximum absolute atomic E-state index is 6.03. The minimum absolute atomic E-state index is 0.186. The van der Waals surface area contributed by atoms with Crippen LogP contribution in [-0.4, -0.2) is 33.6 Å². The molecule has 0 spiro atoms. The molecule has 1 aliphatic rings. The highest BCUT2D eigenvalue weighted by Gasteiger charge is 2.39. The van der Waals surface area contributed by atoms with Crippen LogP contribution in [0.2, 0.25) is 0 Å². The van der Waals surface area contributed by atoms with Crippen LogP contribution in [-0.2, 0) is 13.6 Å². The molecule has 1 heterocycles. The van der Waals surface area contributed by atoms with E-state index in [1.54, 1.807) is 0 Å². The summed E-state index contributed by atoms with van der Waals surface area (Å²) in [5.74, 6) is 1.90. The van der Waals surface area contributed by atoms with Crippen molar-refractivity contribution in [3.8, 4) is 0 Å². The van der Waals surface area contributed by atoms with Crippen molar-refractivity contribution in [2.24, 2.45) is 18.7 Å². The van der Waals surface area contributed by atoms with E-state index < -0.39 is 0 Å². The summed E-state index contributed by atoms with van der Waals surface area (Å²) in [6.45, 7) is 3.96. The number of hydrogen-bond donors (Lipinski definition) is 1. The van der Waals surface area contributed by atoms with Crippen LogP contribution in [0.15, 0.2) is 12.4 Å². The first-order chi connectivity index (χ1) is 8.07. The Balaban J connectivity index is 2.08. The second-order valence-corrected chi connectivity index (χ2v) is 5.59. The number of likely N-dealkylation sites (N-methyl/N-ethyl adjacent to an activating group) is 1. The first-order valence-corrected chi connectivity index (χ1v) is 6.45. The minimum Gasteiger partial charge on any atom is -0.337 e. The summed E-state index contributed by atoms with van der Waals surface area (Å²) < 4.78 is 2.08. The Kier molecular flexibility index (Phi) is 3.54. The molecular weight excluding hydrogens is 212 g/mol. The summed E-state index contributed by atoms with van der Waals surface area (Å²) in [6.07, 6.45) is 7.57. The molecule has 0 aliphatic heterocycles. The topological polar surface area (TPSA) is 47.1 Å². The van der Waals surface area contributed by atoms with Crippen molar-refractivity contribution in [2.45, 2.75) is 38.3 Å². The SMILES string of the molecule is CC1CCC(CN)(N(C)Cc2nccn2C)C1. The van der Waals surface area contributed by atoms with E-state index in [2.05, 4.69) is 28.4 Å². The van der Waals surface area contributed by atoms with Crippen molar-refractivity contribution in [2.75, 3.05) is 13.6 Å². The van der Waals surface area contributed by atoms with Gasteiger partial charge in [0, 0.05) is 31.5 Å². The predicted octanol–water partition coefficient (Wildman–Crippen LogP) is 1.37. The second-order valence-electron chi connectivity index (χ2n) is 5.59. The average molecular weight is 236 g/mol. The summed E-state index contributed by atoms with van der Waals surface area (Å²) in [5, 5.41) is 0. The van der Waals surface area contributed by atoms with Gasteiger partial charge in [-0.2, -0.15) is 0 Å². The van der Waals surface area contributed by atoms with Crippen LogP contribution in [0.5, 0.6) is 0 Å². The van der Waals surface area contributed by atoms with Crippen LogP contribution in [0, 0.1) is 5.92 Å². The fourth-order valence-electron chi connectivity index (χ4n) is 2.98. The van der Waals surface area contributed by atoms with E-state index in [1.165, 1.54) is 19.3 Å². The Morgan fingerprint density at radius 1 is 1.65 bits per heavy atom. The number of aryl methyl sites for hydroxylation is 1. The minimum atomic E-state index is 0.186. The predicted molar refractivity (Wildman–Crippen MR) is 69.5 cm³/mol. The third-order valence-electron chi connectivity index (χ3n) is 4.32. The molecule has 1 fully saturated rings. The Morgan fingerprint density at radius 3 is 2.88 bits per heavy atom. The van der Waals surface area contributed by atoms with Crippen molar-refractivity contribution in [3.63, 3.8) is 0 Å². The van der Waals surface area contributed by atoms with Gasteiger partial charge in [-0.05, 0) is 32.2 Å². The molecule has 2 atom stereocenters. The maximum atomic E-state index is 6.03. The van der Waals surface area contributed by atoms with Gasteiger partial charge in [-0.15, -0.1) is 0 Å². The summed E-state index contributed by atoms with van der Waals surface area (Å²) in [6, 6.07) is 0. The summed E-state index contributed by atoms with van der Waals surface area (Å²) in [4.78, 5) is 6.79. The molecule has 0 amide bonds. The van der Waals surface area contributed by atoms with Crippen molar-refractivity contribution in [3.05, 3.63) is 18.2 Å². The van der Waals surface area contributed by atoms with E-state index in [-0.39, 0.29) is 5.54 Å². The average Bonchev–Trinajstić information content (AvgIpc) is 2.87. The van der Waals surface area contributed by atoms with Crippen LogP contribution in [0.4, 0.5) is 0 Å². The van der Waals surface area contributed by atoms with Crippen LogP contribution in [0.3, 0.4) is 0 Å². The highest BCUT2D eigenvalue weighted by Crippen LogP contribution is 2.38. The van der Waals surface area contributed by atoms with Crippen LogP contribution >= 0.6 is 0 Å². The molecule has 96 valence electrons. The molecule has 4 heteroatoms. The van der Waals surface area contributed by atoms with Gasteiger partial charge < -0.3 is 10.3 Å². The lowest BCUT2D eigenvalue weighted by atomic mass is 9.94. The van der Waals surface area contributed by atoms with E-state index >= 15 is 0 Å². The molecule has 0 radical (unpaired) electrons. The van der Waals surface area contributed by atoms with Gasteiger partial charge in [0.25, 0.3) is 0 Å². The fourth-order valence-corrected chi connectivity index (χ4v) is 2.98. The van der Waals surface area contributed by atoms with Gasteiger partial charge in [0.15, 0.2) is 0 Å². The zero-order chi connectivity index (χ0) is 12.5. The molecule has 4 nitrogen and oxygen atoms in total. The van der Waals surface area contributed by atoms with Crippen molar-refractivity contribution in [1.29, 1.82) is 0 Å².